The minimum Gasteiger partial charge on any atom is -0.391 e. The molecular weight excluding hydrogens is 339 g/mol. The Morgan fingerprint density at radius 3 is 2.87 bits per heavy atom. The van der Waals surface area contributed by atoms with Crippen LogP contribution in [0.4, 0.5) is 0 Å². The topological polar surface area (TPSA) is 90.0 Å². The summed E-state index contributed by atoms with van der Waals surface area (Å²) in [6.07, 6.45) is 1.06. The number of aliphatic hydroxyl groups is 1. The predicted octanol–water partition coefficient (Wildman–Crippen LogP) is 1.46. The Kier molecular flexibility index (Phi) is 6.01. The Hall–Kier alpha value is -1.60. The smallest absolute Gasteiger partial charge is 0.255 e. The van der Waals surface area contributed by atoms with Gasteiger partial charge in [-0.2, -0.15) is 5.10 Å². The fourth-order valence-electron chi connectivity index (χ4n) is 2.57. The van der Waals surface area contributed by atoms with Crippen LogP contribution in [-0.2, 0) is 0 Å². The van der Waals surface area contributed by atoms with E-state index in [2.05, 4.69) is 20.8 Å². The molecule has 1 amide bonds. The van der Waals surface area contributed by atoms with Crippen molar-refractivity contribution in [3.63, 3.8) is 0 Å². The van der Waals surface area contributed by atoms with E-state index in [1.165, 1.54) is 6.20 Å². The lowest BCUT2D eigenvalue weighted by molar-refractivity contribution is 0.0928. The van der Waals surface area contributed by atoms with E-state index in [0.29, 0.717) is 35.9 Å². The third-order valence-corrected chi connectivity index (χ3v) is 4.19. The molecule has 4 N–H and O–H groups in total. The number of aromatic amines is 1. The molecule has 1 saturated heterocycles. The van der Waals surface area contributed by atoms with E-state index in [9.17, 15) is 9.90 Å². The molecule has 6 nitrogen and oxygen atoms in total. The van der Waals surface area contributed by atoms with Crippen LogP contribution in [0.2, 0.25) is 5.02 Å². The summed E-state index contributed by atoms with van der Waals surface area (Å²) < 4.78 is 0. The summed E-state index contributed by atoms with van der Waals surface area (Å²) in [5, 5.41) is 23.0. The molecule has 0 aliphatic carbocycles. The number of halogens is 2. The molecule has 1 aliphatic rings. The van der Waals surface area contributed by atoms with Crippen molar-refractivity contribution in [3.05, 3.63) is 41.0 Å². The fraction of sp³-hybridized carbons (Fsp3) is 0.333. The number of carbonyl (C=O) groups is 1. The van der Waals surface area contributed by atoms with Gasteiger partial charge in [0, 0.05) is 36.1 Å². The first-order valence-corrected chi connectivity index (χ1v) is 7.50. The third-order valence-electron chi connectivity index (χ3n) is 3.86. The molecule has 2 heterocycles. The van der Waals surface area contributed by atoms with Crippen LogP contribution in [0.5, 0.6) is 0 Å². The molecule has 1 aromatic carbocycles. The minimum atomic E-state index is -0.423. The zero-order valence-electron chi connectivity index (χ0n) is 12.3. The lowest BCUT2D eigenvalue weighted by Gasteiger charge is -2.14. The van der Waals surface area contributed by atoms with Gasteiger partial charge in [0.15, 0.2) is 0 Å². The van der Waals surface area contributed by atoms with E-state index in [0.717, 1.165) is 5.56 Å². The zero-order valence-corrected chi connectivity index (χ0v) is 13.8. The number of nitrogens with one attached hydrogen (secondary N) is 3. The van der Waals surface area contributed by atoms with Crippen molar-refractivity contribution >= 4 is 29.9 Å². The second-order valence-electron chi connectivity index (χ2n) is 5.33. The quantitative estimate of drug-likeness (QED) is 0.667. The monoisotopic (exact) mass is 356 g/mol. The van der Waals surface area contributed by atoms with Crippen molar-refractivity contribution in [2.24, 2.45) is 5.92 Å². The van der Waals surface area contributed by atoms with Crippen molar-refractivity contribution in [3.8, 4) is 11.3 Å². The van der Waals surface area contributed by atoms with Crippen molar-refractivity contribution in [2.45, 2.75) is 6.10 Å². The molecule has 124 valence electrons. The summed E-state index contributed by atoms with van der Waals surface area (Å²) in [6, 6.07) is 7.28. The Balaban J connectivity index is 0.00000192. The maximum atomic E-state index is 12.4. The summed E-state index contributed by atoms with van der Waals surface area (Å²) >= 11 is 6.17. The molecule has 0 radical (unpaired) electrons. The number of β-amino-alcohol motifs (C(OH)–C–C–N with tert-alkyl or cyclic N) is 1. The second-order valence-corrected chi connectivity index (χ2v) is 5.74. The first-order valence-electron chi connectivity index (χ1n) is 7.12. The van der Waals surface area contributed by atoms with Crippen LogP contribution in [0.15, 0.2) is 30.5 Å². The van der Waals surface area contributed by atoms with Crippen molar-refractivity contribution in [2.75, 3.05) is 19.6 Å². The maximum Gasteiger partial charge on any atom is 0.255 e. The molecule has 2 unspecified atom stereocenters. The molecule has 2 aromatic rings. The lowest BCUT2D eigenvalue weighted by Crippen LogP contribution is -2.34. The van der Waals surface area contributed by atoms with Crippen LogP contribution in [-0.4, -0.2) is 46.9 Å². The number of aromatic nitrogens is 2. The van der Waals surface area contributed by atoms with E-state index in [4.69, 9.17) is 11.6 Å². The van der Waals surface area contributed by atoms with Gasteiger partial charge >= 0.3 is 0 Å². The van der Waals surface area contributed by atoms with Gasteiger partial charge in [0.2, 0.25) is 0 Å². The van der Waals surface area contributed by atoms with Gasteiger partial charge in [-0.3, -0.25) is 9.89 Å². The SMILES string of the molecule is Cl.O=C(NCC1CNCC1O)c1cn[nH]c1-c1ccccc1Cl. The average molecular weight is 357 g/mol. The molecule has 0 bridgehead atoms. The number of hydrogen-bond donors (Lipinski definition) is 4. The highest BCUT2D eigenvalue weighted by Gasteiger charge is 2.26. The highest BCUT2D eigenvalue weighted by atomic mass is 35.5. The van der Waals surface area contributed by atoms with E-state index in [1.54, 1.807) is 6.07 Å². The third kappa shape index (κ3) is 3.84. The van der Waals surface area contributed by atoms with Crippen LogP contribution in [0.3, 0.4) is 0 Å². The molecule has 1 fully saturated rings. The Labute approximate surface area is 145 Å². The van der Waals surface area contributed by atoms with Crippen molar-refractivity contribution in [1.82, 2.24) is 20.8 Å². The maximum absolute atomic E-state index is 12.4. The highest BCUT2D eigenvalue weighted by Crippen LogP contribution is 2.28. The number of rotatable bonds is 4. The van der Waals surface area contributed by atoms with E-state index >= 15 is 0 Å². The summed E-state index contributed by atoms with van der Waals surface area (Å²) in [7, 11) is 0. The summed E-state index contributed by atoms with van der Waals surface area (Å²) in [6.45, 7) is 1.68. The average Bonchev–Trinajstić information content (AvgIpc) is 3.14. The van der Waals surface area contributed by atoms with Crippen molar-refractivity contribution in [1.29, 1.82) is 0 Å². The number of aliphatic hydroxyl groups excluding tert-OH is 1. The van der Waals surface area contributed by atoms with Crippen LogP contribution in [0.1, 0.15) is 10.4 Å². The first kappa shape index (κ1) is 17.7. The lowest BCUT2D eigenvalue weighted by atomic mass is 10.1. The largest absolute Gasteiger partial charge is 0.391 e. The molecule has 1 aromatic heterocycles. The first-order chi connectivity index (χ1) is 10.7. The summed E-state index contributed by atoms with van der Waals surface area (Å²) in [5.41, 5.74) is 1.76. The van der Waals surface area contributed by atoms with Gasteiger partial charge in [-0.15, -0.1) is 12.4 Å². The summed E-state index contributed by atoms with van der Waals surface area (Å²) in [5.74, 6) is -0.206. The van der Waals surface area contributed by atoms with E-state index in [-0.39, 0.29) is 24.2 Å². The number of nitrogens with zero attached hydrogens (tertiary/aromatic N) is 1. The zero-order chi connectivity index (χ0) is 15.5. The number of carbonyl (C=O) groups excluding carboxylic acids is 1. The number of hydrogen-bond acceptors (Lipinski definition) is 4. The van der Waals surface area contributed by atoms with Crippen LogP contribution in [0.25, 0.3) is 11.3 Å². The van der Waals surface area contributed by atoms with Gasteiger partial charge in [0.25, 0.3) is 5.91 Å². The molecule has 0 spiro atoms. The molecule has 3 rings (SSSR count). The van der Waals surface area contributed by atoms with Crippen LogP contribution in [0, 0.1) is 5.92 Å². The van der Waals surface area contributed by atoms with Crippen LogP contribution >= 0.6 is 24.0 Å². The molecule has 2 atom stereocenters. The number of benzene rings is 1. The second kappa shape index (κ2) is 7.79. The fourth-order valence-corrected chi connectivity index (χ4v) is 2.80. The summed E-state index contributed by atoms with van der Waals surface area (Å²) in [4.78, 5) is 12.4. The predicted molar refractivity (Wildman–Crippen MR) is 91.0 cm³/mol. The number of amides is 1. The Bertz CT molecular complexity index is 677. The molecule has 8 heteroatoms. The van der Waals surface area contributed by atoms with Crippen LogP contribution < -0.4 is 10.6 Å². The Morgan fingerprint density at radius 1 is 1.39 bits per heavy atom. The minimum absolute atomic E-state index is 0. The van der Waals surface area contributed by atoms with Crippen molar-refractivity contribution < 1.29 is 9.90 Å². The van der Waals surface area contributed by atoms with Gasteiger partial charge in [-0.25, -0.2) is 0 Å². The van der Waals surface area contributed by atoms with Gasteiger partial charge in [-0.1, -0.05) is 29.8 Å². The van der Waals surface area contributed by atoms with Gasteiger partial charge in [-0.05, 0) is 6.07 Å². The van der Waals surface area contributed by atoms with Gasteiger partial charge < -0.3 is 15.7 Å². The highest BCUT2D eigenvalue weighted by molar-refractivity contribution is 6.33. The standard InChI is InChI=1S/C15H17ClN4O2.ClH/c16-12-4-2-1-3-10(12)14-11(7-19-20-14)15(22)18-6-9-5-17-8-13(9)21;/h1-4,7,9,13,17,21H,5-6,8H2,(H,18,22)(H,19,20);1H. The molecule has 0 saturated carbocycles. The molecular formula is C15H18Cl2N4O2. The van der Waals surface area contributed by atoms with Gasteiger partial charge in [0.1, 0.15) is 0 Å². The molecule has 1 aliphatic heterocycles. The van der Waals surface area contributed by atoms with E-state index < -0.39 is 6.10 Å². The molecule has 23 heavy (non-hydrogen) atoms. The van der Waals surface area contributed by atoms with E-state index in [1.807, 2.05) is 18.2 Å². The normalized spacial score (nSPS) is 20.1. The number of H-pyrrole nitrogens is 1. The Morgan fingerprint density at radius 2 is 2.17 bits per heavy atom. The van der Waals surface area contributed by atoms with Gasteiger partial charge in [0.05, 0.1) is 23.6 Å².